The van der Waals surface area contributed by atoms with E-state index in [-0.39, 0.29) is 0 Å². The number of hydrogen-bond donors (Lipinski definition) is 0. The van der Waals surface area contributed by atoms with Crippen molar-refractivity contribution in [1.29, 1.82) is 0 Å². The third-order valence-electron chi connectivity index (χ3n) is 12.5. The van der Waals surface area contributed by atoms with Crippen molar-refractivity contribution >= 4 is 68.6 Å². The van der Waals surface area contributed by atoms with Gasteiger partial charge in [-0.2, -0.15) is 0 Å². The smallest absolute Gasteiger partial charge is 0.179 e. The lowest BCUT2D eigenvalue weighted by Gasteiger charge is -2.35. The molecule has 10 aromatic rings. The summed E-state index contributed by atoms with van der Waals surface area (Å²) in [6.07, 6.45) is 0. The Morgan fingerprint density at radius 1 is 0.328 bits per heavy atom. The molecule has 290 valence electrons. The number of fused-ring (bicyclic) bond motifs is 3. The number of anilines is 3. The Bertz CT molecular complexity index is 2910. The van der Waals surface area contributed by atoms with Crippen LogP contribution in [0.5, 0.6) is 0 Å². The molecule has 0 radical (unpaired) electrons. The number of benzene rings is 8. The highest BCUT2D eigenvalue weighted by atomic mass is 32.1. The second-order valence-corrected chi connectivity index (χ2v) is 21.3. The summed E-state index contributed by atoms with van der Waals surface area (Å²) in [5.74, 6) is 0. The molecule has 4 heteroatoms. The SMILES string of the molecule is c1ccc(-c2ccc(N(c3ccc([Si](c4ccccc4)(c4ccccc4)c4ccccc4)cc3)c3ccc4c(c3)C(c3cccs3)(c3cccs3)c3ccccc3-4)cc2)cc1. The normalized spacial score (nSPS) is 12.7. The highest BCUT2D eigenvalue weighted by Crippen LogP contribution is 2.59. The van der Waals surface area contributed by atoms with E-state index in [1.165, 1.54) is 63.9 Å². The summed E-state index contributed by atoms with van der Waals surface area (Å²) in [7, 11) is -2.71. The molecule has 0 fully saturated rings. The standard InChI is InChI=1S/C57H41NS2Si/c1-5-17-42(18-6-1)43-29-31-44(32-30-43)58(46-35-38-52-51-25-13-14-26-53(51)57(54(52)41-46,55-27-15-39-59-55)56-28-16-40-60-56)45-33-36-50(37-34-45)61(47-19-7-2-8-20-47,48-21-9-3-10-22-48)49-23-11-4-12-24-49/h1-41H. The molecule has 0 bridgehead atoms. The largest absolute Gasteiger partial charge is 0.310 e. The third kappa shape index (κ3) is 6.09. The zero-order valence-corrected chi connectivity index (χ0v) is 36.1. The molecule has 0 saturated heterocycles. The van der Waals surface area contributed by atoms with Gasteiger partial charge in [0.15, 0.2) is 8.07 Å². The predicted molar refractivity (Wildman–Crippen MR) is 263 cm³/mol. The van der Waals surface area contributed by atoms with Crippen molar-refractivity contribution in [2.75, 3.05) is 4.90 Å². The van der Waals surface area contributed by atoms with Gasteiger partial charge in [0.05, 0.1) is 5.41 Å². The van der Waals surface area contributed by atoms with E-state index in [4.69, 9.17) is 0 Å². The monoisotopic (exact) mass is 831 g/mol. The van der Waals surface area contributed by atoms with Crippen molar-refractivity contribution < 1.29 is 0 Å². The van der Waals surface area contributed by atoms with Crippen molar-refractivity contribution in [1.82, 2.24) is 0 Å². The molecule has 0 spiro atoms. The second kappa shape index (κ2) is 15.7. The summed E-state index contributed by atoms with van der Waals surface area (Å²) >= 11 is 3.69. The van der Waals surface area contributed by atoms with Gasteiger partial charge in [-0.1, -0.05) is 188 Å². The summed E-state index contributed by atoms with van der Waals surface area (Å²) < 4.78 is 0. The maximum Gasteiger partial charge on any atom is 0.179 e. The van der Waals surface area contributed by atoms with E-state index in [1.54, 1.807) is 0 Å². The molecule has 1 aliphatic carbocycles. The molecule has 2 heterocycles. The maximum atomic E-state index is 2.48. The molecular weight excluding hydrogens is 791 g/mol. The van der Waals surface area contributed by atoms with Gasteiger partial charge in [-0.25, -0.2) is 0 Å². The summed E-state index contributed by atoms with van der Waals surface area (Å²) in [6.45, 7) is 0. The quantitative estimate of drug-likeness (QED) is 0.0980. The first-order valence-electron chi connectivity index (χ1n) is 20.8. The number of nitrogens with zero attached hydrogens (tertiary/aromatic N) is 1. The van der Waals surface area contributed by atoms with Crippen LogP contribution >= 0.6 is 22.7 Å². The van der Waals surface area contributed by atoms with Crippen LogP contribution in [-0.4, -0.2) is 8.07 Å². The van der Waals surface area contributed by atoms with Crippen LogP contribution in [0.15, 0.2) is 247 Å². The minimum atomic E-state index is -2.71. The Hall–Kier alpha value is -6.82. The summed E-state index contributed by atoms with van der Waals surface area (Å²) in [5, 5.41) is 9.89. The van der Waals surface area contributed by atoms with Crippen LogP contribution in [0, 0.1) is 0 Å². The molecule has 0 unspecified atom stereocenters. The van der Waals surface area contributed by atoms with Crippen molar-refractivity contribution in [3.05, 3.63) is 268 Å². The van der Waals surface area contributed by atoms with Crippen molar-refractivity contribution in [2.24, 2.45) is 0 Å². The van der Waals surface area contributed by atoms with E-state index in [9.17, 15) is 0 Å². The third-order valence-corrected chi connectivity index (χ3v) is 19.3. The molecule has 0 atom stereocenters. The van der Waals surface area contributed by atoms with E-state index in [1.807, 2.05) is 22.7 Å². The molecule has 8 aromatic carbocycles. The minimum absolute atomic E-state index is 0.413. The van der Waals surface area contributed by atoms with Crippen LogP contribution in [0.25, 0.3) is 22.3 Å². The van der Waals surface area contributed by atoms with Crippen LogP contribution in [-0.2, 0) is 5.41 Å². The molecule has 11 rings (SSSR count). The van der Waals surface area contributed by atoms with E-state index in [0.717, 1.165) is 17.1 Å². The first kappa shape index (κ1) is 37.2. The average Bonchev–Trinajstić information content (AvgIpc) is 4.14. The average molecular weight is 832 g/mol. The van der Waals surface area contributed by atoms with Gasteiger partial charge in [0, 0.05) is 26.8 Å². The molecule has 1 aliphatic rings. The summed E-state index contributed by atoms with van der Waals surface area (Å²) in [4.78, 5) is 5.13. The molecular formula is C57H41NS2Si. The molecule has 0 aliphatic heterocycles. The van der Waals surface area contributed by atoms with E-state index in [2.05, 4.69) is 252 Å². The molecule has 1 nitrogen and oxygen atoms in total. The lowest BCUT2D eigenvalue weighted by atomic mass is 9.75. The maximum absolute atomic E-state index is 2.71. The van der Waals surface area contributed by atoms with Gasteiger partial charge in [-0.15, -0.1) is 22.7 Å². The van der Waals surface area contributed by atoms with Crippen LogP contribution in [0.1, 0.15) is 20.9 Å². The fraction of sp³-hybridized carbons (Fsp3) is 0.0175. The van der Waals surface area contributed by atoms with Crippen LogP contribution in [0.2, 0.25) is 0 Å². The van der Waals surface area contributed by atoms with Gasteiger partial charge in [0.25, 0.3) is 0 Å². The number of thiophene rings is 2. The second-order valence-electron chi connectivity index (χ2n) is 15.6. The Kier molecular flexibility index (Phi) is 9.54. The first-order chi connectivity index (χ1) is 30.3. The lowest BCUT2D eigenvalue weighted by Crippen LogP contribution is -2.74. The lowest BCUT2D eigenvalue weighted by molar-refractivity contribution is 0.808. The molecule has 0 saturated carbocycles. The fourth-order valence-corrected chi connectivity index (χ4v) is 16.6. The minimum Gasteiger partial charge on any atom is -0.310 e. The van der Waals surface area contributed by atoms with Gasteiger partial charge < -0.3 is 4.90 Å². The van der Waals surface area contributed by atoms with Crippen LogP contribution in [0.4, 0.5) is 17.1 Å². The highest BCUT2D eigenvalue weighted by Gasteiger charge is 2.48. The molecule has 2 aromatic heterocycles. The molecule has 61 heavy (non-hydrogen) atoms. The highest BCUT2D eigenvalue weighted by molar-refractivity contribution is 7.20. The van der Waals surface area contributed by atoms with E-state index in [0.29, 0.717) is 0 Å². The Labute approximate surface area is 367 Å². The van der Waals surface area contributed by atoms with Crippen molar-refractivity contribution in [2.45, 2.75) is 5.41 Å². The van der Waals surface area contributed by atoms with Gasteiger partial charge in [0.1, 0.15) is 0 Å². The molecule has 0 N–H and O–H groups in total. The van der Waals surface area contributed by atoms with Gasteiger partial charge in [0.2, 0.25) is 0 Å². The number of rotatable bonds is 10. The zero-order chi connectivity index (χ0) is 40.6. The first-order valence-corrected chi connectivity index (χ1v) is 24.6. The Morgan fingerprint density at radius 3 is 1.28 bits per heavy atom. The Morgan fingerprint density at radius 2 is 0.754 bits per heavy atom. The summed E-state index contributed by atoms with van der Waals surface area (Å²) in [5.41, 5.74) is 10.6. The van der Waals surface area contributed by atoms with Gasteiger partial charge in [-0.3, -0.25) is 0 Å². The fourth-order valence-electron chi connectivity index (χ4n) is 9.85. The zero-order valence-electron chi connectivity index (χ0n) is 33.4. The topological polar surface area (TPSA) is 3.24 Å². The summed E-state index contributed by atoms with van der Waals surface area (Å²) in [6, 6.07) is 88.0. The van der Waals surface area contributed by atoms with Crippen LogP contribution < -0.4 is 25.6 Å². The predicted octanol–water partition coefficient (Wildman–Crippen LogP) is 12.7. The van der Waals surface area contributed by atoms with Crippen molar-refractivity contribution in [3.8, 4) is 22.3 Å². The number of hydrogen-bond acceptors (Lipinski definition) is 3. The van der Waals surface area contributed by atoms with Crippen LogP contribution in [0.3, 0.4) is 0 Å². The van der Waals surface area contributed by atoms with E-state index < -0.39 is 13.5 Å². The van der Waals surface area contributed by atoms with Crippen molar-refractivity contribution in [3.63, 3.8) is 0 Å². The van der Waals surface area contributed by atoms with E-state index >= 15 is 0 Å². The van der Waals surface area contributed by atoms with Gasteiger partial charge in [-0.05, 0) is 113 Å². The Balaban J connectivity index is 1.12. The molecule has 0 amide bonds. The van der Waals surface area contributed by atoms with Gasteiger partial charge >= 0.3 is 0 Å².